The number of amides is 1. The van der Waals surface area contributed by atoms with Crippen LogP contribution in [0.4, 0.5) is 0 Å². The molecule has 1 amide bonds. The number of aryl methyl sites for hydroxylation is 3. The molecule has 1 unspecified atom stereocenters. The predicted octanol–water partition coefficient (Wildman–Crippen LogP) is 2.19. The lowest BCUT2D eigenvalue weighted by Crippen LogP contribution is -2.40. The van der Waals surface area contributed by atoms with Gasteiger partial charge in [0.15, 0.2) is 0 Å². The largest absolute Gasteiger partial charge is 0.481 e. The fourth-order valence-corrected chi connectivity index (χ4v) is 3.24. The minimum atomic E-state index is -0.954. The van der Waals surface area contributed by atoms with Crippen molar-refractivity contribution in [2.45, 2.75) is 33.1 Å². The molecule has 0 bridgehead atoms. The van der Waals surface area contributed by atoms with Gasteiger partial charge in [0.1, 0.15) is 5.41 Å². The molecule has 1 aromatic carbocycles. The third-order valence-electron chi connectivity index (χ3n) is 4.69. The second kappa shape index (κ2) is 7.13. The van der Waals surface area contributed by atoms with Crippen LogP contribution in [0.1, 0.15) is 29.5 Å². The molecule has 1 atom stereocenters. The second-order valence-electron chi connectivity index (χ2n) is 6.51. The highest BCUT2D eigenvalue weighted by atomic mass is 16.5. The smallest absolute Gasteiger partial charge is 0.313 e. The Morgan fingerprint density at radius 1 is 1.35 bits per heavy atom. The Labute approximate surface area is 137 Å². The summed E-state index contributed by atoms with van der Waals surface area (Å²) in [4.78, 5) is 25.6. The minimum Gasteiger partial charge on any atom is -0.481 e. The number of methoxy groups -OCH3 is 1. The Hall–Kier alpha value is -1.88. The van der Waals surface area contributed by atoms with Crippen LogP contribution in [-0.2, 0) is 20.7 Å². The molecule has 1 aliphatic heterocycles. The van der Waals surface area contributed by atoms with Crippen LogP contribution >= 0.6 is 0 Å². The Kier molecular flexibility index (Phi) is 5.42. The standard InChI is InChI=1S/C18H25NO4/c1-13-4-5-15(14(2)10-13)6-7-16(20)19-9-8-18(11-19,12-23-3)17(21)22/h4-5,10H,6-9,11-12H2,1-3H3,(H,21,22). The van der Waals surface area contributed by atoms with Gasteiger partial charge in [-0.1, -0.05) is 23.8 Å². The van der Waals surface area contributed by atoms with Gasteiger partial charge in [-0.05, 0) is 37.8 Å². The monoisotopic (exact) mass is 319 g/mol. The second-order valence-corrected chi connectivity index (χ2v) is 6.51. The minimum absolute atomic E-state index is 0.0178. The Balaban J connectivity index is 1.95. The normalized spacial score (nSPS) is 20.7. The van der Waals surface area contributed by atoms with Gasteiger partial charge >= 0.3 is 5.97 Å². The van der Waals surface area contributed by atoms with Crippen molar-refractivity contribution in [3.63, 3.8) is 0 Å². The van der Waals surface area contributed by atoms with Crippen LogP contribution in [-0.4, -0.2) is 48.7 Å². The van der Waals surface area contributed by atoms with E-state index in [0.717, 1.165) is 0 Å². The number of carbonyl (C=O) groups excluding carboxylic acids is 1. The van der Waals surface area contributed by atoms with Crippen LogP contribution in [0, 0.1) is 19.3 Å². The lowest BCUT2D eigenvalue weighted by Gasteiger charge is -2.23. The molecule has 1 saturated heterocycles. The van der Waals surface area contributed by atoms with Crippen LogP contribution in [0.5, 0.6) is 0 Å². The summed E-state index contributed by atoms with van der Waals surface area (Å²) in [5.41, 5.74) is 2.62. The van der Waals surface area contributed by atoms with Crippen molar-refractivity contribution >= 4 is 11.9 Å². The number of likely N-dealkylation sites (tertiary alicyclic amines) is 1. The number of aliphatic carboxylic acids is 1. The zero-order chi connectivity index (χ0) is 17.0. The van der Waals surface area contributed by atoms with E-state index in [4.69, 9.17) is 4.74 Å². The SMILES string of the molecule is COCC1(C(=O)O)CCN(C(=O)CCc2ccc(C)cc2C)C1. The summed E-state index contributed by atoms with van der Waals surface area (Å²) in [5.74, 6) is -0.867. The number of hydrogen-bond donors (Lipinski definition) is 1. The lowest BCUT2D eigenvalue weighted by atomic mass is 9.88. The quantitative estimate of drug-likeness (QED) is 0.873. The van der Waals surface area contributed by atoms with Crippen molar-refractivity contribution in [1.82, 2.24) is 4.90 Å². The first-order chi connectivity index (χ1) is 10.9. The number of rotatable bonds is 6. The highest BCUT2D eigenvalue weighted by Gasteiger charge is 2.46. The Bertz CT molecular complexity index is 599. The number of nitrogens with zero attached hydrogens (tertiary/aromatic N) is 1. The van der Waals surface area contributed by atoms with Gasteiger partial charge in [0, 0.05) is 26.6 Å². The van der Waals surface area contributed by atoms with E-state index in [1.165, 1.54) is 23.8 Å². The molecule has 126 valence electrons. The third-order valence-corrected chi connectivity index (χ3v) is 4.69. The van der Waals surface area contributed by atoms with Gasteiger partial charge in [-0.3, -0.25) is 9.59 Å². The van der Waals surface area contributed by atoms with Gasteiger partial charge in [0.2, 0.25) is 5.91 Å². The number of hydrogen-bond acceptors (Lipinski definition) is 3. The first-order valence-electron chi connectivity index (χ1n) is 7.94. The third kappa shape index (κ3) is 3.91. The van der Waals surface area contributed by atoms with Crippen molar-refractivity contribution in [1.29, 1.82) is 0 Å². The van der Waals surface area contributed by atoms with Gasteiger partial charge in [0.25, 0.3) is 0 Å². The van der Waals surface area contributed by atoms with Crippen LogP contribution in [0.3, 0.4) is 0 Å². The van der Waals surface area contributed by atoms with Crippen LogP contribution in [0.25, 0.3) is 0 Å². The van der Waals surface area contributed by atoms with Gasteiger partial charge in [-0.2, -0.15) is 0 Å². The molecule has 1 N–H and O–H groups in total. The summed E-state index contributed by atoms with van der Waals surface area (Å²) in [6.45, 7) is 4.97. The molecule has 1 aromatic rings. The molecule has 1 fully saturated rings. The predicted molar refractivity (Wildman–Crippen MR) is 87.4 cm³/mol. The van der Waals surface area contributed by atoms with Crippen molar-refractivity contribution in [3.05, 3.63) is 34.9 Å². The van der Waals surface area contributed by atoms with E-state index in [9.17, 15) is 14.7 Å². The Morgan fingerprint density at radius 3 is 2.70 bits per heavy atom. The highest BCUT2D eigenvalue weighted by molar-refractivity contribution is 5.81. The first-order valence-corrected chi connectivity index (χ1v) is 7.94. The number of ether oxygens (including phenoxy) is 1. The number of carbonyl (C=O) groups is 2. The average molecular weight is 319 g/mol. The van der Waals surface area contributed by atoms with Crippen LogP contribution in [0.2, 0.25) is 0 Å². The summed E-state index contributed by atoms with van der Waals surface area (Å²) in [7, 11) is 1.50. The van der Waals surface area contributed by atoms with Crippen molar-refractivity contribution in [2.75, 3.05) is 26.8 Å². The molecule has 0 aliphatic carbocycles. The maximum absolute atomic E-state index is 12.4. The van der Waals surface area contributed by atoms with E-state index < -0.39 is 11.4 Å². The molecule has 0 saturated carbocycles. The van der Waals surface area contributed by atoms with Gasteiger partial charge in [-0.15, -0.1) is 0 Å². The molecule has 5 heteroatoms. The number of benzene rings is 1. The van der Waals surface area contributed by atoms with Crippen LogP contribution in [0.15, 0.2) is 18.2 Å². The van der Waals surface area contributed by atoms with E-state index in [1.54, 1.807) is 4.90 Å². The maximum atomic E-state index is 12.4. The zero-order valence-corrected chi connectivity index (χ0v) is 14.1. The maximum Gasteiger partial charge on any atom is 0.313 e. The Morgan fingerprint density at radius 2 is 2.09 bits per heavy atom. The topological polar surface area (TPSA) is 66.8 Å². The molecule has 0 aromatic heterocycles. The molecule has 1 heterocycles. The summed E-state index contributed by atoms with van der Waals surface area (Å²) >= 11 is 0. The molecule has 1 aliphatic rings. The fourth-order valence-electron chi connectivity index (χ4n) is 3.24. The van der Waals surface area contributed by atoms with Crippen LogP contribution < -0.4 is 0 Å². The summed E-state index contributed by atoms with van der Waals surface area (Å²) in [6.07, 6.45) is 1.55. The van der Waals surface area contributed by atoms with Crippen molar-refractivity contribution < 1.29 is 19.4 Å². The number of carboxylic acid groups (broad SMARTS) is 1. The van der Waals surface area contributed by atoms with Gasteiger partial charge in [-0.25, -0.2) is 0 Å². The van der Waals surface area contributed by atoms with E-state index in [0.29, 0.717) is 25.8 Å². The molecular weight excluding hydrogens is 294 g/mol. The first kappa shape index (κ1) is 17.5. The summed E-state index contributed by atoms with van der Waals surface area (Å²) < 4.78 is 5.06. The number of carboxylic acids is 1. The van der Waals surface area contributed by atoms with Gasteiger partial charge in [0.05, 0.1) is 6.61 Å². The van der Waals surface area contributed by atoms with E-state index in [-0.39, 0.29) is 19.1 Å². The van der Waals surface area contributed by atoms with Crippen molar-refractivity contribution in [2.24, 2.45) is 5.41 Å². The molecule has 0 spiro atoms. The molecular formula is C18H25NO4. The van der Waals surface area contributed by atoms with Gasteiger partial charge < -0.3 is 14.7 Å². The summed E-state index contributed by atoms with van der Waals surface area (Å²) in [5, 5.41) is 9.45. The van der Waals surface area contributed by atoms with Crippen molar-refractivity contribution in [3.8, 4) is 0 Å². The van der Waals surface area contributed by atoms with E-state index in [1.807, 2.05) is 6.92 Å². The average Bonchev–Trinajstić information content (AvgIpc) is 2.92. The van der Waals surface area contributed by atoms with E-state index >= 15 is 0 Å². The summed E-state index contributed by atoms with van der Waals surface area (Å²) in [6, 6.07) is 6.23. The fraction of sp³-hybridized carbons (Fsp3) is 0.556. The van der Waals surface area contributed by atoms with E-state index in [2.05, 4.69) is 25.1 Å². The molecule has 0 radical (unpaired) electrons. The lowest BCUT2D eigenvalue weighted by molar-refractivity contribution is -0.151. The molecule has 5 nitrogen and oxygen atoms in total. The molecule has 2 rings (SSSR count). The molecule has 23 heavy (non-hydrogen) atoms. The highest BCUT2D eigenvalue weighted by Crippen LogP contribution is 2.31. The zero-order valence-electron chi connectivity index (χ0n) is 14.1.